The highest BCUT2D eigenvalue weighted by Gasteiger charge is 2.30. The Bertz CT molecular complexity index is 675. The molecule has 3 heteroatoms. The number of carbonyl (C=O) groups is 1. The fourth-order valence-corrected chi connectivity index (χ4v) is 3.01. The summed E-state index contributed by atoms with van der Waals surface area (Å²) in [5.74, 6) is 0.0989. The van der Waals surface area contributed by atoms with Crippen LogP contribution in [0.1, 0.15) is 49.8 Å². The standard InChI is InChI=1S/C22H29NO2/c1-16-10-12-20(13-11-16)22(3,4)21(25)23-15-19(14-17(2)24)18-8-6-5-7-9-18/h5-13,17,19,24H,14-15H2,1-4H3,(H,23,25). The molecule has 2 aromatic carbocycles. The van der Waals surface area contributed by atoms with Crippen molar-refractivity contribution in [2.24, 2.45) is 0 Å². The predicted octanol–water partition coefficient (Wildman–Crippen LogP) is 3.94. The lowest BCUT2D eigenvalue weighted by Gasteiger charge is -2.27. The number of benzene rings is 2. The largest absolute Gasteiger partial charge is 0.393 e. The number of nitrogens with one attached hydrogen (secondary N) is 1. The Kier molecular flexibility index (Phi) is 6.38. The molecule has 134 valence electrons. The van der Waals surface area contributed by atoms with Crippen molar-refractivity contribution in [2.45, 2.75) is 51.6 Å². The van der Waals surface area contributed by atoms with Crippen LogP contribution in [0.4, 0.5) is 0 Å². The molecule has 0 saturated heterocycles. The van der Waals surface area contributed by atoms with E-state index in [1.807, 2.05) is 75.4 Å². The highest BCUT2D eigenvalue weighted by molar-refractivity contribution is 5.87. The van der Waals surface area contributed by atoms with E-state index in [1.54, 1.807) is 6.92 Å². The minimum absolute atomic E-state index is 0.00266. The van der Waals surface area contributed by atoms with Gasteiger partial charge < -0.3 is 10.4 Å². The third-order valence-electron chi connectivity index (χ3n) is 4.75. The first-order valence-corrected chi connectivity index (χ1v) is 8.89. The third-order valence-corrected chi connectivity index (χ3v) is 4.75. The van der Waals surface area contributed by atoms with Gasteiger partial charge in [0, 0.05) is 12.5 Å². The van der Waals surface area contributed by atoms with Crippen LogP contribution in [0, 0.1) is 6.92 Å². The van der Waals surface area contributed by atoms with E-state index in [0.717, 1.165) is 11.1 Å². The molecular weight excluding hydrogens is 310 g/mol. The maximum Gasteiger partial charge on any atom is 0.230 e. The minimum Gasteiger partial charge on any atom is -0.393 e. The average Bonchev–Trinajstić information content (AvgIpc) is 2.59. The van der Waals surface area contributed by atoms with E-state index in [-0.39, 0.29) is 11.8 Å². The van der Waals surface area contributed by atoms with Crippen molar-refractivity contribution in [3.8, 4) is 0 Å². The van der Waals surface area contributed by atoms with Gasteiger partial charge in [0.1, 0.15) is 0 Å². The summed E-state index contributed by atoms with van der Waals surface area (Å²) in [5, 5.41) is 12.9. The van der Waals surface area contributed by atoms with Crippen LogP contribution in [0.2, 0.25) is 0 Å². The van der Waals surface area contributed by atoms with Crippen molar-refractivity contribution in [3.63, 3.8) is 0 Å². The third kappa shape index (κ3) is 5.17. The van der Waals surface area contributed by atoms with Crippen LogP contribution < -0.4 is 5.32 Å². The summed E-state index contributed by atoms with van der Waals surface area (Å²) in [6.45, 7) is 8.23. The van der Waals surface area contributed by atoms with Crippen LogP contribution in [0.5, 0.6) is 0 Å². The molecule has 0 heterocycles. The van der Waals surface area contributed by atoms with Crippen LogP contribution in [0.3, 0.4) is 0 Å². The van der Waals surface area contributed by atoms with E-state index >= 15 is 0 Å². The Morgan fingerprint density at radius 2 is 1.68 bits per heavy atom. The molecule has 0 bridgehead atoms. The molecule has 2 rings (SSSR count). The van der Waals surface area contributed by atoms with Crippen LogP contribution in [0.15, 0.2) is 54.6 Å². The van der Waals surface area contributed by atoms with E-state index in [2.05, 4.69) is 5.32 Å². The molecule has 0 aliphatic heterocycles. The van der Waals surface area contributed by atoms with Crippen LogP contribution >= 0.6 is 0 Å². The van der Waals surface area contributed by atoms with Gasteiger partial charge in [-0.3, -0.25) is 4.79 Å². The number of aryl methyl sites for hydroxylation is 1. The maximum atomic E-state index is 12.8. The Morgan fingerprint density at radius 1 is 1.08 bits per heavy atom. The molecule has 3 nitrogen and oxygen atoms in total. The van der Waals surface area contributed by atoms with Gasteiger partial charge in [-0.1, -0.05) is 60.2 Å². The van der Waals surface area contributed by atoms with Crippen LogP contribution in [0.25, 0.3) is 0 Å². The quantitative estimate of drug-likeness (QED) is 0.802. The molecular formula is C22H29NO2. The molecule has 2 aromatic rings. The molecule has 0 aromatic heterocycles. The molecule has 0 aliphatic carbocycles. The number of hydrogen-bond acceptors (Lipinski definition) is 2. The number of aliphatic hydroxyl groups is 1. The number of hydrogen-bond donors (Lipinski definition) is 2. The van der Waals surface area contributed by atoms with Gasteiger partial charge >= 0.3 is 0 Å². The minimum atomic E-state index is -0.597. The highest BCUT2D eigenvalue weighted by atomic mass is 16.3. The van der Waals surface area contributed by atoms with Gasteiger partial charge in [-0.05, 0) is 45.2 Å². The van der Waals surface area contributed by atoms with Crippen molar-refractivity contribution in [3.05, 3.63) is 71.3 Å². The summed E-state index contributed by atoms with van der Waals surface area (Å²) in [5.41, 5.74) is 2.72. The molecule has 0 aliphatic rings. The van der Waals surface area contributed by atoms with Crippen molar-refractivity contribution < 1.29 is 9.90 Å². The van der Waals surface area contributed by atoms with Gasteiger partial charge in [0.15, 0.2) is 0 Å². The van der Waals surface area contributed by atoms with Crippen LogP contribution in [-0.2, 0) is 10.2 Å². The van der Waals surface area contributed by atoms with Crippen molar-refractivity contribution in [1.29, 1.82) is 0 Å². The Morgan fingerprint density at radius 3 is 2.24 bits per heavy atom. The molecule has 2 unspecified atom stereocenters. The Labute approximate surface area is 151 Å². The first kappa shape index (κ1) is 19.2. The second-order valence-electron chi connectivity index (χ2n) is 7.39. The monoisotopic (exact) mass is 339 g/mol. The molecule has 2 N–H and O–H groups in total. The molecule has 1 amide bonds. The lowest BCUT2D eigenvalue weighted by molar-refractivity contribution is -0.125. The molecule has 0 fully saturated rings. The van der Waals surface area contributed by atoms with Crippen molar-refractivity contribution in [1.82, 2.24) is 5.32 Å². The zero-order valence-electron chi connectivity index (χ0n) is 15.6. The first-order chi connectivity index (χ1) is 11.8. The van der Waals surface area contributed by atoms with Gasteiger partial charge in [-0.2, -0.15) is 0 Å². The summed E-state index contributed by atoms with van der Waals surface area (Å²) in [6.07, 6.45) is 0.210. The van der Waals surface area contributed by atoms with E-state index in [0.29, 0.717) is 13.0 Å². The fourth-order valence-electron chi connectivity index (χ4n) is 3.01. The average molecular weight is 339 g/mol. The first-order valence-electron chi connectivity index (χ1n) is 8.89. The SMILES string of the molecule is Cc1ccc(C(C)(C)C(=O)NCC(CC(C)O)c2ccccc2)cc1. The fraction of sp³-hybridized carbons (Fsp3) is 0.409. The molecule has 2 atom stereocenters. The molecule has 0 saturated carbocycles. The normalized spacial score (nSPS) is 14.0. The molecule has 0 spiro atoms. The molecule has 25 heavy (non-hydrogen) atoms. The number of amides is 1. The number of aliphatic hydroxyl groups excluding tert-OH is 1. The smallest absolute Gasteiger partial charge is 0.230 e. The summed E-state index contributed by atoms with van der Waals surface area (Å²) in [6, 6.07) is 18.1. The summed E-state index contributed by atoms with van der Waals surface area (Å²) in [7, 11) is 0. The van der Waals surface area contributed by atoms with E-state index in [9.17, 15) is 9.90 Å². The predicted molar refractivity (Wildman–Crippen MR) is 103 cm³/mol. The van der Waals surface area contributed by atoms with Crippen molar-refractivity contribution in [2.75, 3.05) is 6.54 Å². The van der Waals surface area contributed by atoms with Gasteiger partial charge in [0.25, 0.3) is 0 Å². The van der Waals surface area contributed by atoms with E-state index < -0.39 is 11.5 Å². The second kappa shape index (κ2) is 8.30. The maximum absolute atomic E-state index is 12.8. The van der Waals surface area contributed by atoms with Crippen LogP contribution in [-0.4, -0.2) is 23.7 Å². The number of carbonyl (C=O) groups excluding carboxylic acids is 1. The van der Waals surface area contributed by atoms with Gasteiger partial charge in [0.2, 0.25) is 5.91 Å². The van der Waals surface area contributed by atoms with Gasteiger partial charge in [-0.15, -0.1) is 0 Å². The van der Waals surface area contributed by atoms with Gasteiger partial charge in [0.05, 0.1) is 11.5 Å². The summed E-state index contributed by atoms with van der Waals surface area (Å²) < 4.78 is 0. The zero-order chi connectivity index (χ0) is 18.4. The number of rotatable bonds is 7. The topological polar surface area (TPSA) is 49.3 Å². The zero-order valence-corrected chi connectivity index (χ0v) is 15.6. The lowest BCUT2D eigenvalue weighted by Crippen LogP contribution is -2.42. The summed E-state index contributed by atoms with van der Waals surface area (Å²) >= 11 is 0. The van der Waals surface area contributed by atoms with Gasteiger partial charge in [-0.25, -0.2) is 0 Å². The Hall–Kier alpha value is -2.13. The Balaban J connectivity index is 2.08. The van der Waals surface area contributed by atoms with Crippen molar-refractivity contribution >= 4 is 5.91 Å². The highest BCUT2D eigenvalue weighted by Crippen LogP contribution is 2.25. The molecule has 0 radical (unpaired) electrons. The van der Waals surface area contributed by atoms with E-state index in [1.165, 1.54) is 5.56 Å². The second-order valence-corrected chi connectivity index (χ2v) is 7.39. The lowest BCUT2D eigenvalue weighted by atomic mass is 9.83. The summed E-state index contributed by atoms with van der Waals surface area (Å²) in [4.78, 5) is 12.8. The van der Waals surface area contributed by atoms with E-state index in [4.69, 9.17) is 0 Å².